The molecule has 5 nitrogen and oxygen atoms in total. The molecule has 0 saturated heterocycles. The van der Waals surface area contributed by atoms with Crippen molar-refractivity contribution >= 4 is 16.9 Å². The third-order valence-corrected chi connectivity index (χ3v) is 2.75. The number of nitrogens with two attached hydrogens (primary N) is 1. The van der Waals surface area contributed by atoms with Crippen LogP contribution in [0.25, 0.3) is 11.0 Å². The highest BCUT2D eigenvalue weighted by molar-refractivity contribution is 5.76. The summed E-state index contributed by atoms with van der Waals surface area (Å²) in [6, 6.07) is 5.76. The first-order valence-corrected chi connectivity index (χ1v) is 5.50. The molecule has 0 fully saturated rings. The minimum Gasteiger partial charge on any atom is -0.497 e. The maximum atomic E-state index is 11.0. The molecular formula is C12H16N3O2+. The van der Waals surface area contributed by atoms with Gasteiger partial charge in [0.05, 0.1) is 13.7 Å². The molecule has 2 N–H and O–H groups in total. The Morgan fingerprint density at radius 2 is 2.29 bits per heavy atom. The summed E-state index contributed by atoms with van der Waals surface area (Å²) in [5, 5.41) is 0. The van der Waals surface area contributed by atoms with Gasteiger partial charge in [0, 0.05) is 6.07 Å². The molecule has 0 atom stereocenters. The molecule has 5 heteroatoms. The predicted octanol–water partition coefficient (Wildman–Crippen LogP) is 0.443. The van der Waals surface area contributed by atoms with Crippen LogP contribution in [-0.2, 0) is 17.9 Å². The van der Waals surface area contributed by atoms with Crippen molar-refractivity contribution in [1.29, 1.82) is 0 Å². The van der Waals surface area contributed by atoms with Crippen LogP contribution in [0.2, 0.25) is 0 Å². The van der Waals surface area contributed by atoms with E-state index in [2.05, 4.69) is 4.57 Å². The van der Waals surface area contributed by atoms with E-state index in [-0.39, 0.29) is 12.5 Å². The number of nitrogens with zero attached hydrogens (tertiary/aromatic N) is 2. The molecule has 0 unspecified atom stereocenters. The van der Waals surface area contributed by atoms with Gasteiger partial charge in [0.1, 0.15) is 5.75 Å². The number of hydrogen-bond acceptors (Lipinski definition) is 2. The molecule has 0 aliphatic heterocycles. The number of methoxy groups -OCH3 is 1. The highest BCUT2D eigenvalue weighted by Gasteiger charge is 2.16. The van der Waals surface area contributed by atoms with Crippen molar-refractivity contribution in [2.75, 3.05) is 7.11 Å². The first-order chi connectivity index (χ1) is 8.15. The summed E-state index contributed by atoms with van der Waals surface area (Å²) in [4.78, 5) is 11.0. The number of ether oxygens (including phenoxy) is 1. The molecule has 0 saturated carbocycles. The average molecular weight is 234 g/mol. The van der Waals surface area contributed by atoms with Crippen molar-refractivity contribution in [3.8, 4) is 5.75 Å². The van der Waals surface area contributed by atoms with E-state index in [0.717, 1.165) is 23.3 Å². The van der Waals surface area contributed by atoms with Crippen LogP contribution >= 0.6 is 0 Å². The van der Waals surface area contributed by atoms with Gasteiger partial charge in [0.15, 0.2) is 17.6 Å². The number of aromatic nitrogens is 2. The van der Waals surface area contributed by atoms with E-state index >= 15 is 0 Å². The molecular weight excluding hydrogens is 218 g/mol. The third-order valence-electron chi connectivity index (χ3n) is 2.75. The SMILES string of the molecule is CCn1c[n+](CC(N)=O)c2ccc(OC)cc21. The Balaban J connectivity index is 2.59. The number of imidazole rings is 1. The molecule has 1 heterocycles. The molecule has 0 radical (unpaired) electrons. The Hall–Kier alpha value is -2.04. The molecule has 1 aromatic carbocycles. The first-order valence-electron chi connectivity index (χ1n) is 5.50. The number of hydrogen-bond donors (Lipinski definition) is 1. The molecule has 2 rings (SSSR count). The predicted molar refractivity (Wildman–Crippen MR) is 63.6 cm³/mol. The zero-order chi connectivity index (χ0) is 12.4. The van der Waals surface area contributed by atoms with E-state index in [4.69, 9.17) is 10.5 Å². The van der Waals surface area contributed by atoms with Crippen molar-refractivity contribution in [2.45, 2.75) is 20.0 Å². The van der Waals surface area contributed by atoms with Crippen LogP contribution in [0.3, 0.4) is 0 Å². The molecule has 0 aliphatic carbocycles. The first kappa shape index (κ1) is 11.4. The van der Waals surface area contributed by atoms with Crippen LogP contribution in [-0.4, -0.2) is 17.6 Å². The number of amides is 1. The molecule has 0 spiro atoms. The second-order valence-corrected chi connectivity index (χ2v) is 3.85. The van der Waals surface area contributed by atoms with Gasteiger partial charge in [-0.1, -0.05) is 0 Å². The van der Waals surface area contributed by atoms with Gasteiger partial charge < -0.3 is 10.5 Å². The standard InChI is InChI=1S/C12H15N3O2/c1-3-14-8-15(7-12(13)16)10-5-4-9(17-2)6-11(10)14/h4-6,8H,3,7H2,1-2H3,(H-,13,16)/p+1. The van der Waals surface area contributed by atoms with Crippen molar-refractivity contribution in [1.82, 2.24) is 4.57 Å². The number of primary amides is 1. The van der Waals surface area contributed by atoms with Crippen LogP contribution in [0.4, 0.5) is 0 Å². The summed E-state index contributed by atoms with van der Waals surface area (Å²) >= 11 is 0. The maximum absolute atomic E-state index is 11.0. The smallest absolute Gasteiger partial charge is 0.259 e. The van der Waals surface area contributed by atoms with Gasteiger partial charge in [-0.2, -0.15) is 0 Å². The van der Waals surface area contributed by atoms with E-state index < -0.39 is 0 Å². The van der Waals surface area contributed by atoms with Crippen molar-refractivity contribution in [2.24, 2.45) is 5.73 Å². The summed E-state index contributed by atoms with van der Waals surface area (Å²) in [6.45, 7) is 3.07. The fourth-order valence-corrected chi connectivity index (χ4v) is 1.94. The number of aryl methyl sites for hydroxylation is 1. The Morgan fingerprint density at radius 1 is 1.53 bits per heavy atom. The van der Waals surface area contributed by atoms with Gasteiger partial charge >= 0.3 is 0 Å². The lowest BCUT2D eigenvalue weighted by molar-refractivity contribution is -0.659. The summed E-state index contributed by atoms with van der Waals surface area (Å²) < 4.78 is 9.10. The topological polar surface area (TPSA) is 61.1 Å². The molecule has 1 amide bonds. The molecule has 90 valence electrons. The largest absolute Gasteiger partial charge is 0.497 e. The average Bonchev–Trinajstić information content (AvgIpc) is 2.66. The highest BCUT2D eigenvalue weighted by Crippen LogP contribution is 2.18. The quantitative estimate of drug-likeness (QED) is 0.780. The van der Waals surface area contributed by atoms with Gasteiger partial charge in [0.25, 0.3) is 5.91 Å². The van der Waals surface area contributed by atoms with E-state index in [1.165, 1.54) is 0 Å². The van der Waals surface area contributed by atoms with Gasteiger partial charge in [-0.3, -0.25) is 4.79 Å². The molecule has 2 aromatic rings. The van der Waals surface area contributed by atoms with Crippen LogP contribution in [0, 0.1) is 0 Å². The van der Waals surface area contributed by atoms with Crippen LogP contribution in [0.15, 0.2) is 24.5 Å². The highest BCUT2D eigenvalue weighted by atomic mass is 16.5. The Morgan fingerprint density at radius 3 is 2.88 bits per heavy atom. The van der Waals surface area contributed by atoms with E-state index in [9.17, 15) is 4.79 Å². The number of rotatable bonds is 4. The summed E-state index contributed by atoms with van der Waals surface area (Å²) in [7, 11) is 1.64. The molecule has 17 heavy (non-hydrogen) atoms. The number of benzene rings is 1. The summed E-state index contributed by atoms with van der Waals surface area (Å²) in [6.07, 6.45) is 1.90. The molecule has 0 bridgehead atoms. The van der Waals surface area contributed by atoms with Crippen LogP contribution < -0.4 is 15.0 Å². The second-order valence-electron chi connectivity index (χ2n) is 3.85. The van der Waals surface area contributed by atoms with Crippen molar-refractivity contribution in [3.63, 3.8) is 0 Å². The number of fused-ring (bicyclic) bond motifs is 1. The normalized spacial score (nSPS) is 10.7. The van der Waals surface area contributed by atoms with E-state index in [1.807, 2.05) is 36.0 Å². The van der Waals surface area contributed by atoms with Gasteiger partial charge in [-0.25, -0.2) is 9.13 Å². The minimum absolute atomic E-state index is 0.190. The monoisotopic (exact) mass is 234 g/mol. The lowest BCUT2D eigenvalue weighted by Gasteiger charge is -1.98. The Labute approximate surface area is 99.4 Å². The van der Waals surface area contributed by atoms with Crippen LogP contribution in [0.1, 0.15) is 6.92 Å². The number of carbonyl (C=O) groups is 1. The van der Waals surface area contributed by atoms with Gasteiger partial charge in [-0.15, -0.1) is 0 Å². The molecule has 1 aromatic heterocycles. The van der Waals surface area contributed by atoms with Gasteiger partial charge in [0.2, 0.25) is 6.33 Å². The lowest BCUT2D eigenvalue weighted by atomic mass is 10.3. The zero-order valence-corrected chi connectivity index (χ0v) is 10.0. The summed E-state index contributed by atoms with van der Waals surface area (Å²) in [5.74, 6) is 0.456. The fourth-order valence-electron chi connectivity index (χ4n) is 1.94. The van der Waals surface area contributed by atoms with E-state index in [1.54, 1.807) is 7.11 Å². The fraction of sp³-hybridized carbons (Fsp3) is 0.333. The van der Waals surface area contributed by atoms with E-state index in [0.29, 0.717) is 0 Å². The zero-order valence-electron chi connectivity index (χ0n) is 10.0. The van der Waals surface area contributed by atoms with Crippen molar-refractivity contribution in [3.05, 3.63) is 24.5 Å². The van der Waals surface area contributed by atoms with Gasteiger partial charge in [-0.05, 0) is 19.1 Å². The van der Waals surface area contributed by atoms with Crippen LogP contribution in [0.5, 0.6) is 5.75 Å². The second kappa shape index (κ2) is 4.45. The lowest BCUT2D eigenvalue weighted by Crippen LogP contribution is -2.39. The minimum atomic E-state index is -0.346. The Kier molecular flexibility index (Phi) is 2.99. The maximum Gasteiger partial charge on any atom is 0.259 e. The third kappa shape index (κ3) is 2.08. The van der Waals surface area contributed by atoms with Crippen molar-refractivity contribution < 1.29 is 14.1 Å². The Bertz CT molecular complexity index is 560. The molecule has 0 aliphatic rings. The summed E-state index contributed by atoms with van der Waals surface area (Å²) in [5.41, 5.74) is 7.24. The number of carbonyl (C=O) groups excluding carboxylic acids is 1.